The van der Waals surface area contributed by atoms with E-state index in [1.807, 2.05) is 26.0 Å². The molecule has 88 valence electrons. The molecule has 0 amide bonds. The van der Waals surface area contributed by atoms with Crippen LogP contribution >= 0.6 is 0 Å². The summed E-state index contributed by atoms with van der Waals surface area (Å²) in [6, 6.07) is 6.14. The van der Waals surface area contributed by atoms with Crippen LogP contribution < -0.4 is 5.32 Å². The maximum Gasteiger partial charge on any atom is 0.270 e. The molecule has 0 bridgehead atoms. The molecular weight excluding hydrogens is 218 g/mol. The van der Waals surface area contributed by atoms with Gasteiger partial charge in [0.2, 0.25) is 0 Å². The van der Waals surface area contributed by atoms with Crippen molar-refractivity contribution in [2.45, 2.75) is 13.8 Å². The first-order valence-corrected chi connectivity index (χ1v) is 5.10. The summed E-state index contributed by atoms with van der Waals surface area (Å²) in [5, 5.41) is 22.5. The van der Waals surface area contributed by atoms with Gasteiger partial charge >= 0.3 is 0 Å². The summed E-state index contributed by atoms with van der Waals surface area (Å²) in [5.41, 5.74) is 1.98. The molecule has 0 radical (unpaired) electrons. The molecule has 0 aliphatic carbocycles. The smallest absolute Gasteiger partial charge is 0.270 e. The molecule has 1 rings (SSSR count). The number of rotatable bonds is 4. The van der Waals surface area contributed by atoms with Gasteiger partial charge in [-0.05, 0) is 19.9 Å². The number of nitro groups is 1. The standard InChI is InChI=1S/C12H13N3O2/c1-9(2)5-6-14-12-4-3-11(15(16)17)7-10(12)8-13/h3-5,7,14H,6H2,1-2H3. The van der Waals surface area contributed by atoms with E-state index in [0.29, 0.717) is 12.2 Å². The van der Waals surface area contributed by atoms with E-state index in [2.05, 4.69) is 5.32 Å². The number of allylic oxidation sites excluding steroid dienone is 1. The van der Waals surface area contributed by atoms with Crippen LogP contribution in [0.4, 0.5) is 11.4 Å². The molecule has 0 unspecified atom stereocenters. The van der Waals surface area contributed by atoms with E-state index in [1.54, 1.807) is 6.07 Å². The lowest BCUT2D eigenvalue weighted by molar-refractivity contribution is -0.384. The molecule has 0 aromatic heterocycles. The van der Waals surface area contributed by atoms with Gasteiger partial charge in [0.1, 0.15) is 6.07 Å². The van der Waals surface area contributed by atoms with Crippen LogP contribution in [0, 0.1) is 21.4 Å². The molecular formula is C12H13N3O2. The van der Waals surface area contributed by atoms with Gasteiger partial charge in [-0.3, -0.25) is 10.1 Å². The largest absolute Gasteiger partial charge is 0.380 e. The molecule has 0 atom stereocenters. The van der Waals surface area contributed by atoms with E-state index in [9.17, 15) is 10.1 Å². The predicted molar refractivity (Wildman–Crippen MR) is 65.7 cm³/mol. The van der Waals surface area contributed by atoms with Crippen molar-refractivity contribution >= 4 is 11.4 Å². The van der Waals surface area contributed by atoms with Crippen LogP contribution in [0.25, 0.3) is 0 Å². The summed E-state index contributed by atoms with van der Waals surface area (Å²) in [4.78, 5) is 10.0. The quantitative estimate of drug-likeness (QED) is 0.491. The van der Waals surface area contributed by atoms with Gasteiger partial charge in [-0.15, -0.1) is 0 Å². The van der Waals surface area contributed by atoms with Gasteiger partial charge in [-0.1, -0.05) is 11.6 Å². The topological polar surface area (TPSA) is 79.0 Å². The van der Waals surface area contributed by atoms with Crippen molar-refractivity contribution < 1.29 is 4.92 Å². The van der Waals surface area contributed by atoms with Crippen molar-refractivity contribution in [1.29, 1.82) is 5.26 Å². The van der Waals surface area contributed by atoms with E-state index in [4.69, 9.17) is 5.26 Å². The van der Waals surface area contributed by atoms with Crippen LogP contribution in [0.5, 0.6) is 0 Å². The number of non-ortho nitro benzene ring substituents is 1. The van der Waals surface area contributed by atoms with Gasteiger partial charge in [0.15, 0.2) is 0 Å². The third-order valence-corrected chi connectivity index (χ3v) is 2.14. The van der Waals surface area contributed by atoms with E-state index in [1.165, 1.54) is 12.1 Å². The molecule has 1 aromatic carbocycles. The first-order valence-electron chi connectivity index (χ1n) is 5.10. The average molecular weight is 231 g/mol. The average Bonchev–Trinajstić information content (AvgIpc) is 2.28. The highest BCUT2D eigenvalue weighted by molar-refractivity contribution is 5.61. The van der Waals surface area contributed by atoms with Crippen molar-refractivity contribution in [3.8, 4) is 6.07 Å². The van der Waals surface area contributed by atoms with Crippen LogP contribution in [-0.4, -0.2) is 11.5 Å². The second kappa shape index (κ2) is 5.66. The highest BCUT2D eigenvalue weighted by Crippen LogP contribution is 2.21. The van der Waals surface area contributed by atoms with Gasteiger partial charge in [0.25, 0.3) is 5.69 Å². The predicted octanol–water partition coefficient (Wildman–Crippen LogP) is 2.84. The Morgan fingerprint density at radius 2 is 2.29 bits per heavy atom. The monoisotopic (exact) mass is 231 g/mol. The Bertz CT molecular complexity index is 497. The fourth-order valence-corrected chi connectivity index (χ4v) is 1.26. The summed E-state index contributed by atoms with van der Waals surface area (Å²) in [5.74, 6) is 0. The van der Waals surface area contributed by atoms with Gasteiger partial charge in [-0.25, -0.2) is 0 Å². The first kappa shape index (κ1) is 12.7. The van der Waals surface area contributed by atoms with E-state index in [0.717, 1.165) is 5.57 Å². The third-order valence-electron chi connectivity index (χ3n) is 2.14. The van der Waals surface area contributed by atoms with Gasteiger partial charge < -0.3 is 5.32 Å². The van der Waals surface area contributed by atoms with Crippen LogP contribution in [0.2, 0.25) is 0 Å². The van der Waals surface area contributed by atoms with Crippen LogP contribution in [0.3, 0.4) is 0 Å². The second-order valence-electron chi connectivity index (χ2n) is 3.76. The van der Waals surface area contributed by atoms with Gasteiger partial charge in [0, 0.05) is 18.7 Å². The number of hydrogen-bond donors (Lipinski definition) is 1. The highest BCUT2D eigenvalue weighted by Gasteiger charge is 2.09. The van der Waals surface area contributed by atoms with Crippen molar-refractivity contribution in [2.24, 2.45) is 0 Å². The third kappa shape index (κ3) is 3.61. The number of hydrogen-bond acceptors (Lipinski definition) is 4. The Kier molecular flexibility index (Phi) is 4.23. The summed E-state index contributed by atoms with van der Waals surface area (Å²) in [6.45, 7) is 4.54. The minimum absolute atomic E-state index is 0.0747. The summed E-state index contributed by atoms with van der Waals surface area (Å²) in [7, 11) is 0. The Morgan fingerprint density at radius 1 is 1.59 bits per heavy atom. The molecule has 0 fully saturated rings. The molecule has 5 nitrogen and oxygen atoms in total. The molecule has 0 heterocycles. The van der Waals surface area contributed by atoms with Gasteiger partial charge in [-0.2, -0.15) is 5.26 Å². The number of nitrogens with one attached hydrogen (secondary N) is 1. The van der Waals surface area contributed by atoms with E-state index >= 15 is 0 Å². The lowest BCUT2D eigenvalue weighted by Gasteiger charge is -2.05. The normalized spacial score (nSPS) is 9.24. The molecule has 1 N–H and O–H groups in total. The fourth-order valence-electron chi connectivity index (χ4n) is 1.26. The molecule has 1 aromatic rings. The Morgan fingerprint density at radius 3 is 2.82 bits per heavy atom. The van der Waals surface area contributed by atoms with Crippen molar-refractivity contribution in [3.63, 3.8) is 0 Å². The number of benzene rings is 1. The maximum atomic E-state index is 10.5. The molecule has 5 heteroatoms. The molecule has 17 heavy (non-hydrogen) atoms. The molecule has 0 saturated heterocycles. The Hall–Kier alpha value is -2.35. The molecule has 0 aliphatic heterocycles. The molecule has 0 spiro atoms. The molecule has 0 aliphatic rings. The summed E-state index contributed by atoms with van der Waals surface area (Å²) < 4.78 is 0. The number of anilines is 1. The van der Waals surface area contributed by atoms with Crippen molar-refractivity contribution in [2.75, 3.05) is 11.9 Å². The van der Waals surface area contributed by atoms with E-state index in [-0.39, 0.29) is 11.3 Å². The van der Waals surface area contributed by atoms with E-state index < -0.39 is 4.92 Å². The lowest BCUT2D eigenvalue weighted by atomic mass is 10.1. The van der Waals surface area contributed by atoms with Crippen LogP contribution in [0.15, 0.2) is 29.8 Å². The lowest BCUT2D eigenvalue weighted by Crippen LogP contribution is -2.01. The molecule has 0 saturated carbocycles. The van der Waals surface area contributed by atoms with Crippen molar-refractivity contribution in [1.82, 2.24) is 0 Å². The van der Waals surface area contributed by atoms with Gasteiger partial charge in [0.05, 0.1) is 16.2 Å². The Labute approximate surface area is 99.5 Å². The minimum atomic E-state index is -0.513. The fraction of sp³-hybridized carbons (Fsp3) is 0.250. The zero-order valence-electron chi connectivity index (χ0n) is 9.73. The zero-order valence-corrected chi connectivity index (χ0v) is 9.73. The van der Waals surface area contributed by atoms with Crippen LogP contribution in [0.1, 0.15) is 19.4 Å². The SMILES string of the molecule is CC(C)=CCNc1ccc([N+](=O)[O-])cc1C#N. The number of nitriles is 1. The number of nitrogens with zero attached hydrogens (tertiary/aromatic N) is 2. The van der Waals surface area contributed by atoms with Crippen molar-refractivity contribution in [3.05, 3.63) is 45.5 Å². The Balaban J connectivity index is 2.90. The summed E-state index contributed by atoms with van der Waals surface area (Å²) >= 11 is 0. The highest BCUT2D eigenvalue weighted by atomic mass is 16.6. The number of nitro benzene ring substituents is 1. The second-order valence-corrected chi connectivity index (χ2v) is 3.76. The minimum Gasteiger partial charge on any atom is -0.380 e. The maximum absolute atomic E-state index is 10.5. The van der Waals surface area contributed by atoms with Crippen LogP contribution in [-0.2, 0) is 0 Å². The first-order chi connectivity index (χ1) is 8.04. The summed E-state index contributed by atoms with van der Waals surface area (Å²) in [6.07, 6.45) is 1.97. The zero-order chi connectivity index (χ0) is 12.8.